The van der Waals surface area contributed by atoms with Crippen LogP contribution in [-0.4, -0.2) is 13.2 Å². The average molecular weight is 283 g/mol. The van der Waals surface area contributed by atoms with E-state index in [1.807, 2.05) is 12.1 Å². The van der Waals surface area contributed by atoms with Crippen molar-refractivity contribution in [1.29, 1.82) is 5.26 Å². The molecule has 1 fully saturated rings. The molecule has 2 rings (SSSR count). The van der Waals surface area contributed by atoms with Gasteiger partial charge in [-0.1, -0.05) is 31.2 Å². The van der Waals surface area contributed by atoms with E-state index >= 15 is 0 Å². The maximum atomic E-state index is 8.84. The first-order valence-corrected chi connectivity index (χ1v) is 8.06. The molecule has 2 nitrogen and oxygen atoms in total. The average Bonchev–Trinajstić information content (AvgIpc) is 2.55. The molecule has 112 valence electrons. The molecular weight excluding hydrogens is 258 g/mol. The van der Waals surface area contributed by atoms with Crippen molar-refractivity contribution in [3.8, 4) is 6.07 Å². The van der Waals surface area contributed by atoms with Gasteiger partial charge in [0.15, 0.2) is 0 Å². The molecule has 0 N–H and O–H groups in total. The number of hydrogen-bond acceptors (Lipinski definition) is 2. The van der Waals surface area contributed by atoms with Gasteiger partial charge in [-0.3, -0.25) is 0 Å². The summed E-state index contributed by atoms with van der Waals surface area (Å²) in [6.45, 7) is 3.79. The van der Waals surface area contributed by atoms with Crippen LogP contribution in [0.25, 0.3) is 0 Å². The third-order valence-electron chi connectivity index (χ3n) is 4.33. The summed E-state index contributed by atoms with van der Waals surface area (Å²) in [5, 5.41) is 8.84. The number of nitriles is 1. The summed E-state index contributed by atoms with van der Waals surface area (Å²) >= 11 is 0. The van der Waals surface area contributed by atoms with Crippen molar-refractivity contribution >= 4 is 0 Å². The van der Waals surface area contributed by atoms with Gasteiger partial charge in [0.05, 0.1) is 18.2 Å². The van der Waals surface area contributed by atoms with Crippen LogP contribution in [0.2, 0.25) is 0 Å². The first-order chi connectivity index (χ1) is 10.3. The fourth-order valence-corrected chi connectivity index (χ4v) is 3.03. The molecule has 0 bridgehead atoms. The molecule has 0 spiro atoms. The lowest BCUT2D eigenvalue weighted by Crippen LogP contribution is -2.18. The number of allylic oxidation sites excluding steroid dienone is 1. The topological polar surface area (TPSA) is 33.0 Å². The number of nitrogens with zero attached hydrogens (tertiary/aromatic N) is 1. The second kappa shape index (κ2) is 8.64. The van der Waals surface area contributed by atoms with Crippen LogP contribution in [0.3, 0.4) is 0 Å². The van der Waals surface area contributed by atoms with E-state index in [0.717, 1.165) is 31.1 Å². The third kappa shape index (κ3) is 5.02. The lowest BCUT2D eigenvalue weighted by atomic mass is 9.79. The van der Waals surface area contributed by atoms with Crippen LogP contribution < -0.4 is 0 Å². The SMILES string of the molecule is CC/C=C/COCC1CCC(c2ccc(C#N)cc2)CC1. The van der Waals surface area contributed by atoms with Crippen LogP contribution in [0, 0.1) is 17.2 Å². The molecule has 2 heteroatoms. The largest absolute Gasteiger partial charge is 0.377 e. The van der Waals surface area contributed by atoms with Crippen molar-refractivity contribution in [3.05, 3.63) is 47.5 Å². The van der Waals surface area contributed by atoms with Gasteiger partial charge in [0.2, 0.25) is 0 Å². The molecule has 1 saturated carbocycles. The van der Waals surface area contributed by atoms with Crippen LogP contribution in [0.4, 0.5) is 0 Å². The minimum absolute atomic E-state index is 0.661. The van der Waals surface area contributed by atoms with Crippen molar-refractivity contribution in [2.75, 3.05) is 13.2 Å². The first-order valence-electron chi connectivity index (χ1n) is 8.06. The number of hydrogen-bond donors (Lipinski definition) is 0. The minimum atomic E-state index is 0.661. The Bertz CT molecular complexity index is 475. The normalized spacial score (nSPS) is 22.3. The Hall–Kier alpha value is -1.59. The van der Waals surface area contributed by atoms with E-state index in [0.29, 0.717) is 5.92 Å². The van der Waals surface area contributed by atoms with Gasteiger partial charge >= 0.3 is 0 Å². The molecule has 0 saturated heterocycles. The molecular formula is C19H25NO. The van der Waals surface area contributed by atoms with Crippen LogP contribution >= 0.6 is 0 Å². The van der Waals surface area contributed by atoms with E-state index < -0.39 is 0 Å². The summed E-state index contributed by atoms with van der Waals surface area (Å²) in [7, 11) is 0. The van der Waals surface area contributed by atoms with E-state index in [1.54, 1.807) is 0 Å². The predicted molar refractivity (Wildman–Crippen MR) is 86.1 cm³/mol. The summed E-state index contributed by atoms with van der Waals surface area (Å²) in [6.07, 6.45) is 10.3. The Balaban J connectivity index is 1.72. The number of benzene rings is 1. The van der Waals surface area contributed by atoms with E-state index in [-0.39, 0.29) is 0 Å². The highest BCUT2D eigenvalue weighted by atomic mass is 16.5. The third-order valence-corrected chi connectivity index (χ3v) is 4.33. The van der Waals surface area contributed by atoms with Crippen molar-refractivity contribution in [2.24, 2.45) is 5.92 Å². The smallest absolute Gasteiger partial charge is 0.0991 e. The highest BCUT2D eigenvalue weighted by Gasteiger charge is 2.22. The van der Waals surface area contributed by atoms with E-state index in [2.05, 4.69) is 37.3 Å². The Morgan fingerprint density at radius 2 is 1.86 bits per heavy atom. The predicted octanol–water partition coefficient (Wildman–Crippen LogP) is 4.81. The summed E-state index contributed by atoms with van der Waals surface area (Å²) in [5.74, 6) is 1.38. The molecule has 1 aliphatic carbocycles. The fraction of sp³-hybridized carbons (Fsp3) is 0.526. The molecule has 0 atom stereocenters. The molecule has 0 unspecified atom stereocenters. The van der Waals surface area contributed by atoms with E-state index in [4.69, 9.17) is 10.00 Å². The lowest BCUT2D eigenvalue weighted by Gasteiger charge is -2.28. The molecule has 21 heavy (non-hydrogen) atoms. The van der Waals surface area contributed by atoms with E-state index in [9.17, 15) is 0 Å². The highest BCUT2D eigenvalue weighted by molar-refractivity contribution is 5.33. The molecule has 0 heterocycles. The lowest BCUT2D eigenvalue weighted by molar-refractivity contribution is 0.102. The maximum Gasteiger partial charge on any atom is 0.0991 e. The Kier molecular flexibility index (Phi) is 6.50. The second-order valence-corrected chi connectivity index (χ2v) is 5.87. The van der Waals surface area contributed by atoms with Crippen LogP contribution in [-0.2, 0) is 4.74 Å². The quantitative estimate of drug-likeness (QED) is 0.554. The zero-order chi connectivity index (χ0) is 14.9. The number of ether oxygens (including phenoxy) is 1. The van der Waals surface area contributed by atoms with Crippen molar-refractivity contribution in [1.82, 2.24) is 0 Å². The minimum Gasteiger partial charge on any atom is -0.377 e. The molecule has 1 aromatic rings. The molecule has 0 aromatic heterocycles. The van der Waals surface area contributed by atoms with Gasteiger partial charge < -0.3 is 4.74 Å². The molecule has 0 radical (unpaired) electrons. The Morgan fingerprint density at radius 1 is 1.14 bits per heavy atom. The summed E-state index contributed by atoms with van der Waals surface area (Å²) in [5.41, 5.74) is 2.14. The summed E-state index contributed by atoms with van der Waals surface area (Å²) < 4.78 is 5.72. The Labute approximate surface area is 128 Å². The van der Waals surface area contributed by atoms with Crippen molar-refractivity contribution in [3.63, 3.8) is 0 Å². The van der Waals surface area contributed by atoms with Gasteiger partial charge in [-0.25, -0.2) is 0 Å². The zero-order valence-corrected chi connectivity index (χ0v) is 12.9. The van der Waals surface area contributed by atoms with Gasteiger partial charge in [-0.2, -0.15) is 5.26 Å². The van der Waals surface area contributed by atoms with Gasteiger partial charge in [-0.15, -0.1) is 0 Å². The van der Waals surface area contributed by atoms with Gasteiger partial charge in [0.25, 0.3) is 0 Å². The first kappa shape index (κ1) is 15.8. The fourth-order valence-electron chi connectivity index (χ4n) is 3.03. The standard InChI is InChI=1S/C19H25NO/c1-2-3-4-13-21-15-17-7-11-19(12-8-17)18-9-5-16(14-20)6-10-18/h3-6,9-10,17,19H,2,7-8,11-13,15H2,1H3/b4-3+. The monoisotopic (exact) mass is 283 g/mol. The second-order valence-electron chi connectivity index (χ2n) is 5.87. The molecule has 0 aliphatic heterocycles. The van der Waals surface area contributed by atoms with Gasteiger partial charge in [0, 0.05) is 6.61 Å². The molecule has 1 aliphatic rings. The van der Waals surface area contributed by atoms with E-state index in [1.165, 1.54) is 31.2 Å². The zero-order valence-electron chi connectivity index (χ0n) is 12.9. The summed E-state index contributed by atoms with van der Waals surface area (Å²) in [4.78, 5) is 0. The molecule has 0 amide bonds. The van der Waals surface area contributed by atoms with Crippen LogP contribution in [0.5, 0.6) is 0 Å². The highest BCUT2D eigenvalue weighted by Crippen LogP contribution is 2.35. The van der Waals surface area contributed by atoms with Crippen LogP contribution in [0.1, 0.15) is 56.1 Å². The molecule has 1 aromatic carbocycles. The van der Waals surface area contributed by atoms with Gasteiger partial charge in [-0.05, 0) is 61.6 Å². The summed E-state index contributed by atoms with van der Waals surface area (Å²) in [6, 6.07) is 10.3. The van der Waals surface area contributed by atoms with Gasteiger partial charge in [0.1, 0.15) is 0 Å². The number of rotatable bonds is 6. The van der Waals surface area contributed by atoms with Crippen LogP contribution in [0.15, 0.2) is 36.4 Å². The van der Waals surface area contributed by atoms with Crippen molar-refractivity contribution in [2.45, 2.75) is 44.9 Å². The van der Waals surface area contributed by atoms with Crippen molar-refractivity contribution < 1.29 is 4.74 Å². The maximum absolute atomic E-state index is 8.84. The Morgan fingerprint density at radius 3 is 2.48 bits per heavy atom.